The number of rotatable bonds is 7. The average molecular weight is 230 g/mol. The maximum atomic E-state index is 5.59. The lowest BCUT2D eigenvalue weighted by Crippen LogP contribution is -2.35. The van der Waals surface area contributed by atoms with E-state index in [1.165, 1.54) is 57.5 Å². The standard InChI is InChI=1S/C12H26N2S/c1-15-11-3-2-8-14-9-5-12(4-7-13)6-10-14/h12H,2-11,13H2,1H3. The van der Waals surface area contributed by atoms with E-state index < -0.39 is 0 Å². The van der Waals surface area contributed by atoms with Crippen molar-refractivity contribution in [3.8, 4) is 0 Å². The molecule has 0 amide bonds. The minimum atomic E-state index is 0.873. The third-order valence-corrected chi connectivity index (χ3v) is 4.05. The van der Waals surface area contributed by atoms with Gasteiger partial charge in [-0.15, -0.1) is 0 Å². The Bertz CT molecular complexity index is 142. The van der Waals surface area contributed by atoms with E-state index in [2.05, 4.69) is 11.2 Å². The van der Waals surface area contributed by atoms with Crippen molar-refractivity contribution in [2.45, 2.75) is 32.1 Å². The summed E-state index contributed by atoms with van der Waals surface area (Å²) in [5, 5.41) is 0. The third kappa shape index (κ3) is 5.79. The van der Waals surface area contributed by atoms with Gasteiger partial charge >= 0.3 is 0 Å². The number of nitrogens with zero attached hydrogens (tertiary/aromatic N) is 1. The lowest BCUT2D eigenvalue weighted by atomic mass is 9.93. The van der Waals surface area contributed by atoms with E-state index >= 15 is 0 Å². The van der Waals surface area contributed by atoms with E-state index in [1.807, 2.05) is 11.8 Å². The highest BCUT2D eigenvalue weighted by Crippen LogP contribution is 2.19. The number of piperidine rings is 1. The van der Waals surface area contributed by atoms with Crippen LogP contribution in [0, 0.1) is 5.92 Å². The molecule has 0 aromatic rings. The Morgan fingerprint density at radius 3 is 2.60 bits per heavy atom. The minimum Gasteiger partial charge on any atom is -0.330 e. The molecule has 1 aliphatic rings. The second-order valence-electron chi connectivity index (χ2n) is 4.56. The molecule has 90 valence electrons. The third-order valence-electron chi connectivity index (χ3n) is 3.35. The number of thioether (sulfide) groups is 1. The zero-order valence-electron chi connectivity index (χ0n) is 10.1. The van der Waals surface area contributed by atoms with Crippen LogP contribution in [0.15, 0.2) is 0 Å². The minimum absolute atomic E-state index is 0.873. The Morgan fingerprint density at radius 1 is 1.27 bits per heavy atom. The Labute approximate surface area is 99.0 Å². The first-order valence-electron chi connectivity index (χ1n) is 6.28. The molecule has 1 heterocycles. The maximum Gasteiger partial charge on any atom is -0.00161 e. The van der Waals surface area contributed by atoms with Gasteiger partial charge in [-0.1, -0.05) is 0 Å². The molecular formula is C12H26N2S. The van der Waals surface area contributed by atoms with E-state index in [9.17, 15) is 0 Å². The molecule has 0 radical (unpaired) electrons. The fourth-order valence-corrected chi connectivity index (χ4v) is 2.81. The van der Waals surface area contributed by atoms with Crippen LogP contribution in [-0.4, -0.2) is 43.1 Å². The molecule has 0 aromatic carbocycles. The van der Waals surface area contributed by atoms with Crippen LogP contribution in [0.25, 0.3) is 0 Å². The van der Waals surface area contributed by atoms with E-state index in [-0.39, 0.29) is 0 Å². The van der Waals surface area contributed by atoms with Gasteiger partial charge in [0.2, 0.25) is 0 Å². The van der Waals surface area contributed by atoms with Crippen molar-refractivity contribution in [2.24, 2.45) is 11.7 Å². The van der Waals surface area contributed by atoms with Gasteiger partial charge in [0.05, 0.1) is 0 Å². The Hall–Kier alpha value is 0.270. The number of hydrogen-bond acceptors (Lipinski definition) is 3. The van der Waals surface area contributed by atoms with Gasteiger partial charge in [0.15, 0.2) is 0 Å². The van der Waals surface area contributed by atoms with Gasteiger partial charge in [0.1, 0.15) is 0 Å². The van der Waals surface area contributed by atoms with Crippen LogP contribution < -0.4 is 5.73 Å². The first-order chi connectivity index (χ1) is 7.36. The molecule has 15 heavy (non-hydrogen) atoms. The summed E-state index contributed by atoms with van der Waals surface area (Å²) in [6.07, 6.45) is 8.93. The van der Waals surface area contributed by atoms with Crippen LogP contribution in [0.4, 0.5) is 0 Å². The number of hydrogen-bond donors (Lipinski definition) is 1. The second-order valence-corrected chi connectivity index (χ2v) is 5.55. The Kier molecular flexibility index (Phi) is 7.49. The molecule has 0 bridgehead atoms. The highest BCUT2D eigenvalue weighted by molar-refractivity contribution is 7.98. The van der Waals surface area contributed by atoms with Gasteiger partial charge in [-0.3, -0.25) is 0 Å². The maximum absolute atomic E-state index is 5.59. The van der Waals surface area contributed by atoms with Gasteiger partial charge in [-0.2, -0.15) is 11.8 Å². The fraction of sp³-hybridized carbons (Fsp3) is 1.00. The first kappa shape index (κ1) is 13.3. The molecule has 3 heteroatoms. The molecule has 0 aliphatic carbocycles. The van der Waals surface area contributed by atoms with Gasteiger partial charge < -0.3 is 10.6 Å². The molecule has 1 saturated heterocycles. The van der Waals surface area contributed by atoms with Gasteiger partial charge in [-0.25, -0.2) is 0 Å². The Balaban J connectivity index is 1.99. The monoisotopic (exact) mass is 230 g/mol. The van der Waals surface area contributed by atoms with Crippen molar-refractivity contribution in [1.82, 2.24) is 4.90 Å². The van der Waals surface area contributed by atoms with Crippen molar-refractivity contribution in [3.05, 3.63) is 0 Å². The van der Waals surface area contributed by atoms with Crippen molar-refractivity contribution < 1.29 is 0 Å². The van der Waals surface area contributed by atoms with Crippen LogP contribution in [0.5, 0.6) is 0 Å². The molecule has 0 saturated carbocycles. The van der Waals surface area contributed by atoms with E-state index in [4.69, 9.17) is 5.73 Å². The molecule has 0 aromatic heterocycles. The number of unbranched alkanes of at least 4 members (excludes halogenated alkanes) is 1. The molecule has 1 aliphatic heterocycles. The second kappa shape index (κ2) is 8.43. The van der Waals surface area contributed by atoms with Crippen LogP contribution >= 0.6 is 11.8 Å². The fourth-order valence-electron chi connectivity index (χ4n) is 2.32. The predicted molar refractivity (Wildman–Crippen MR) is 70.5 cm³/mol. The largest absolute Gasteiger partial charge is 0.330 e. The highest BCUT2D eigenvalue weighted by Gasteiger charge is 2.17. The molecule has 0 spiro atoms. The summed E-state index contributed by atoms with van der Waals surface area (Å²) >= 11 is 1.96. The summed E-state index contributed by atoms with van der Waals surface area (Å²) < 4.78 is 0. The number of nitrogens with two attached hydrogens (primary N) is 1. The molecule has 1 rings (SSSR count). The van der Waals surface area contributed by atoms with Crippen molar-refractivity contribution >= 4 is 11.8 Å². The molecule has 2 N–H and O–H groups in total. The van der Waals surface area contributed by atoms with E-state index in [0.29, 0.717) is 0 Å². The lowest BCUT2D eigenvalue weighted by molar-refractivity contribution is 0.178. The lowest BCUT2D eigenvalue weighted by Gasteiger charge is -2.31. The summed E-state index contributed by atoms with van der Waals surface area (Å²) in [5.41, 5.74) is 5.59. The van der Waals surface area contributed by atoms with Crippen molar-refractivity contribution in [3.63, 3.8) is 0 Å². The van der Waals surface area contributed by atoms with E-state index in [0.717, 1.165) is 12.5 Å². The summed E-state index contributed by atoms with van der Waals surface area (Å²) in [7, 11) is 0. The zero-order valence-corrected chi connectivity index (χ0v) is 10.9. The molecule has 1 fully saturated rings. The van der Waals surface area contributed by atoms with Crippen LogP contribution in [0.3, 0.4) is 0 Å². The molecule has 0 unspecified atom stereocenters. The zero-order chi connectivity index (χ0) is 10.9. The van der Waals surface area contributed by atoms with Crippen LogP contribution in [0.2, 0.25) is 0 Å². The summed E-state index contributed by atoms with van der Waals surface area (Å²) in [5.74, 6) is 2.24. The van der Waals surface area contributed by atoms with Gasteiger partial charge in [0, 0.05) is 0 Å². The van der Waals surface area contributed by atoms with Gasteiger partial charge in [0.25, 0.3) is 0 Å². The smallest absolute Gasteiger partial charge is 0.00161 e. The van der Waals surface area contributed by atoms with Gasteiger partial charge in [-0.05, 0) is 76.2 Å². The summed E-state index contributed by atoms with van der Waals surface area (Å²) in [6.45, 7) is 4.81. The topological polar surface area (TPSA) is 29.3 Å². The highest BCUT2D eigenvalue weighted by atomic mass is 32.2. The first-order valence-corrected chi connectivity index (χ1v) is 7.67. The molecule has 2 nitrogen and oxygen atoms in total. The quantitative estimate of drug-likeness (QED) is 0.680. The van der Waals surface area contributed by atoms with Crippen LogP contribution in [0.1, 0.15) is 32.1 Å². The van der Waals surface area contributed by atoms with Crippen molar-refractivity contribution in [1.29, 1.82) is 0 Å². The Morgan fingerprint density at radius 2 is 2.00 bits per heavy atom. The SMILES string of the molecule is CSCCCCN1CCC(CCN)CC1. The average Bonchev–Trinajstić information content (AvgIpc) is 2.27. The van der Waals surface area contributed by atoms with Crippen LogP contribution in [-0.2, 0) is 0 Å². The van der Waals surface area contributed by atoms with E-state index in [1.54, 1.807) is 0 Å². The predicted octanol–water partition coefficient (Wildman–Crippen LogP) is 2.19. The summed E-state index contributed by atoms with van der Waals surface area (Å²) in [6, 6.07) is 0. The number of likely N-dealkylation sites (tertiary alicyclic amines) is 1. The normalized spacial score (nSPS) is 19.6. The molecule has 0 atom stereocenters. The summed E-state index contributed by atoms with van der Waals surface area (Å²) in [4.78, 5) is 2.63. The molecular weight excluding hydrogens is 204 g/mol. The van der Waals surface area contributed by atoms with Crippen molar-refractivity contribution in [2.75, 3.05) is 38.2 Å².